The highest BCUT2D eigenvalue weighted by molar-refractivity contribution is 6.00. The Morgan fingerprint density at radius 2 is 1.70 bits per heavy atom. The fourth-order valence-corrected chi connectivity index (χ4v) is 3.74. The third kappa shape index (κ3) is 4.67. The highest BCUT2D eigenvalue weighted by Crippen LogP contribution is 2.33. The van der Waals surface area contributed by atoms with Crippen molar-refractivity contribution in [3.05, 3.63) is 71.0 Å². The van der Waals surface area contributed by atoms with Gasteiger partial charge in [-0.15, -0.1) is 0 Å². The van der Waals surface area contributed by atoms with Gasteiger partial charge in [-0.05, 0) is 56.3 Å². The zero-order valence-electron chi connectivity index (χ0n) is 18.2. The van der Waals surface area contributed by atoms with E-state index in [1.807, 2.05) is 36.6 Å². The molecule has 0 unspecified atom stereocenters. The molecule has 1 aliphatic rings. The number of amides is 2. The largest absolute Gasteiger partial charge is 0.486 e. The van der Waals surface area contributed by atoms with Crippen molar-refractivity contribution in [1.82, 2.24) is 4.57 Å². The Morgan fingerprint density at radius 1 is 1.00 bits per heavy atom. The molecule has 9 nitrogen and oxygen atoms in total. The number of aryl methyl sites for hydroxylation is 1. The molecule has 0 saturated carbocycles. The second-order valence-corrected chi connectivity index (χ2v) is 7.51. The number of fused-ring (bicyclic) bond motifs is 1. The van der Waals surface area contributed by atoms with E-state index in [-0.39, 0.29) is 11.3 Å². The van der Waals surface area contributed by atoms with Gasteiger partial charge in [-0.25, -0.2) is 9.59 Å². The van der Waals surface area contributed by atoms with Crippen molar-refractivity contribution in [2.24, 2.45) is 5.73 Å². The van der Waals surface area contributed by atoms with E-state index in [4.69, 9.17) is 19.9 Å². The summed E-state index contributed by atoms with van der Waals surface area (Å²) in [5.74, 6) is 0.390. The normalized spacial score (nSPS) is 12.2. The predicted molar refractivity (Wildman–Crippen MR) is 120 cm³/mol. The topological polar surface area (TPSA) is 122 Å². The van der Waals surface area contributed by atoms with Crippen LogP contribution in [0, 0.1) is 13.8 Å². The molecular formula is C24H23N3O6. The van der Waals surface area contributed by atoms with Crippen LogP contribution >= 0.6 is 0 Å². The number of nitrogens with one attached hydrogen (secondary N) is 1. The van der Waals surface area contributed by atoms with Crippen molar-refractivity contribution in [3.8, 4) is 17.2 Å². The first-order valence-corrected chi connectivity index (χ1v) is 10.3. The number of anilines is 1. The van der Waals surface area contributed by atoms with Crippen LogP contribution in [-0.2, 0) is 4.74 Å². The first-order valence-electron chi connectivity index (χ1n) is 10.3. The maximum absolute atomic E-state index is 12.8. The van der Waals surface area contributed by atoms with E-state index >= 15 is 0 Å². The quantitative estimate of drug-likeness (QED) is 0.439. The summed E-state index contributed by atoms with van der Waals surface area (Å²) in [5, 5.41) is 2.40. The number of nitrogens with two attached hydrogens (primary N) is 1. The number of esters is 1. The SMILES string of the molecule is Cc1cc(C(=O)COC(=O)c2ccc(NC(N)=O)cc2)c(C)n1-c1ccc2c(c1)OCCO2. The van der Waals surface area contributed by atoms with Gasteiger partial charge in [0.25, 0.3) is 0 Å². The maximum atomic E-state index is 12.8. The zero-order chi connectivity index (χ0) is 23.5. The average molecular weight is 449 g/mol. The van der Waals surface area contributed by atoms with Gasteiger partial charge in [0.05, 0.1) is 5.56 Å². The molecule has 1 aliphatic heterocycles. The molecule has 0 bridgehead atoms. The van der Waals surface area contributed by atoms with E-state index in [1.54, 1.807) is 6.07 Å². The molecule has 1 aromatic heterocycles. The van der Waals surface area contributed by atoms with Crippen LogP contribution in [0.25, 0.3) is 5.69 Å². The lowest BCUT2D eigenvalue weighted by molar-refractivity contribution is 0.0474. The lowest BCUT2D eigenvalue weighted by Crippen LogP contribution is -2.19. The van der Waals surface area contributed by atoms with E-state index in [0.29, 0.717) is 36.0 Å². The summed E-state index contributed by atoms with van der Waals surface area (Å²) in [4.78, 5) is 36.0. The van der Waals surface area contributed by atoms with E-state index in [2.05, 4.69) is 5.32 Å². The molecular weight excluding hydrogens is 426 g/mol. The van der Waals surface area contributed by atoms with Crippen LogP contribution in [-0.4, -0.2) is 42.2 Å². The lowest BCUT2D eigenvalue weighted by atomic mass is 10.1. The van der Waals surface area contributed by atoms with Crippen molar-refractivity contribution in [2.45, 2.75) is 13.8 Å². The van der Waals surface area contributed by atoms with Gasteiger partial charge in [0, 0.05) is 34.4 Å². The van der Waals surface area contributed by atoms with Crippen molar-refractivity contribution >= 4 is 23.5 Å². The van der Waals surface area contributed by atoms with Gasteiger partial charge < -0.3 is 29.8 Å². The molecule has 33 heavy (non-hydrogen) atoms. The highest BCUT2D eigenvalue weighted by atomic mass is 16.6. The number of nitrogens with zero attached hydrogens (tertiary/aromatic N) is 1. The summed E-state index contributed by atoms with van der Waals surface area (Å²) in [7, 11) is 0. The number of Topliss-reactive ketones (excluding diaryl/α,β-unsaturated/α-hetero) is 1. The van der Waals surface area contributed by atoms with Gasteiger partial charge in [-0.1, -0.05) is 0 Å². The maximum Gasteiger partial charge on any atom is 0.338 e. The number of hydrogen-bond acceptors (Lipinski definition) is 6. The molecule has 3 aromatic rings. The highest BCUT2D eigenvalue weighted by Gasteiger charge is 2.20. The molecule has 0 saturated heterocycles. The third-order valence-corrected chi connectivity index (χ3v) is 5.24. The predicted octanol–water partition coefficient (Wildman–Crippen LogP) is 3.40. The first kappa shape index (κ1) is 21.9. The molecule has 0 aliphatic carbocycles. The van der Waals surface area contributed by atoms with E-state index in [9.17, 15) is 14.4 Å². The average Bonchev–Trinajstić information content (AvgIpc) is 3.11. The number of rotatable bonds is 6. The third-order valence-electron chi connectivity index (χ3n) is 5.24. The molecule has 2 amide bonds. The lowest BCUT2D eigenvalue weighted by Gasteiger charge is -2.20. The number of primary amides is 1. The van der Waals surface area contributed by atoms with E-state index in [1.165, 1.54) is 24.3 Å². The number of ketones is 1. The van der Waals surface area contributed by atoms with Crippen molar-refractivity contribution in [2.75, 3.05) is 25.1 Å². The van der Waals surface area contributed by atoms with Crippen LogP contribution < -0.4 is 20.5 Å². The van der Waals surface area contributed by atoms with Crippen molar-refractivity contribution in [3.63, 3.8) is 0 Å². The van der Waals surface area contributed by atoms with Crippen LogP contribution in [0.1, 0.15) is 32.1 Å². The summed E-state index contributed by atoms with van der Waals surface area (Å²) in [6, 6.07) is 12.7. The standard InChI is InChI=1S/C24H23N3O6/c1-14-11-19(15(2)27(14)18-7-8-21-22(12-18)32-10-9-31-21)20(28)13-33-23(29)16-3-5-17(6-4-16)26-24(25)30/h3-8,11-12H,9-10,13H2,1-2H3,(H3,25,26,30). The van der Waals surface area contributed by atoms with Crippen LogP contribution in [0.15, 0.2) is 48.5 Å². The molecule has 3 N–H and O–H groups in total. The zero-order valence-corrected chi connectivity index (χ0v) is 18.2. The number of ether oxygens (including phenoxy) is 3. The minimum atomic E-state index is -0.704. The molecule has 2 heterocycles. The second kappa shape index (κ2) is 9.07. The summed E-state index contributed by atoms with van der Waals surface area (Å²) >= 11 is 0. The van der Waals surface area contributed by atoms with Gasteiger partial charge in [0.15, 0.2) is 18.1 Å². The van der Waals surface area contributed by atoms with E-state index < -0.39 is 18.6 Å². The van der Waals surface area contributed by atoms with Crippen LogP contribution in [0.3, 0.4) is 0 Å². The summed E-state index contributed by atoms with van der Waals surface area (Å²) in [6.45, 7) is 4.34. The Morgan fingerprint density at radius 3 is 2.39 bits per heavy atom. The number of benzene rings is 2. The Balaban J connectivity index is 1.46. The molecule has 9 heteroatoms. The Labute approximate surface area is 190 Å². The van der Waals surface area contributed by atoms with Crippen molar-refractivity contribution < 1.29 is 28.6 Å². The molecule has 0 fully saturated rings. The monoisotopic (exact) mass is 449 g/mol. The summed E-state index contributed by atoms with van der Waals surface area (Å²) in [5.41, 5.74) is 8.65. The van der Waals surface area contributed by atoms with Crippen LogP contribution in [0.2, 0.25) is 0 Å². The van der Waals surface area contributed by atoms with Gasteiger partial charge in [-0.2, -0.15) is 0 Å². The summed E-state index contributed by atoms with van der Waals surface area (Å²) in [6.07, 6.45) is 0. The number of carbonyl (C=O) groups is 3. The molecule has 0 spiro atoms. The Bertz CT molecular complexity index is 1230. The Hall–Kier alpha value is -4.27. The number of aromatic nitrogens is 1. The fourth-order valence-electron chi connectivity index (χ4n) is 3.74. The van der Waals surface area contributed by atoms with Crippen LogP contribution in [0.5, 0.6) is 11.5 Å². The smallest absolute Gasteiger partial charge is 0.338 e. The van der Waals surface area contributed by atoms with Gasteiger partial charge in [0.1, 0.15) is 13.2 Å². The number of urea groups is 1. The fraction of sp³-hybridized carbons (Fsp3) is 0.208. The molecule has 4 rings (SSSR count). The summed E-state index contributed by atoms with van der Waals surface area (Å²) < 4.78 is 18.4. The number of hydrogen-bond donors (Lipinski definition) is 2. The minimum Gasteiger partial charge on any atom is -0.486 e. The van der Waals surface area contributed by atoms with Gasteiger partial charge in [-0.3, -0.25) is 4.79 Å². The van der Waals surface area contributed by atoms with E-state index in [0.717, 1.165) is 17.1 Å². The second-order valence-electron chi connectivity index (χ2n) is 7.51. The molecule has 2 aromatic carbocycles. The number of carbonyl (C=O) groups excluding carboxylic acids is 3. The Kier molecular flexibility index (Phi) is 6.03. The van der Waals surface area contributed by atoms with Crippen molar-refractivity contribution in [1.29, 1.82) is 0 Å². The van der Waals surface area contributed by atoms with Gasteiger partial charge >= 0.3 is 12.0 Å². The van der Waals surface area contributed by atoms with Crippen LogP contribution in [0.4, 0.5) is 10.5 Å². The minimum absolute atomic E-state index is 0.250. The molecule has 170 valence electrons. The van der Waals surface area contributed by atoms with Gasteiger partial charge in [0.2, 0.25) is 5.78 Å². The first-order chi connectivity index (χ1) is 15.8. The molecule has 0 atom stereocenters. The molecule has 0 radical (unpaired) electrons.